The van der Waals surface area contributed by atoms with E-state index < -0.39 is 0 Å². The molecule has 1 unspecified atom stereocenters. The summed E-state index contributed by atoms with van der Waals surface area (Å²) in [6.45, 7) is 5.28. The van der Waals surface area contributed by atoms with Crippen LogP contribution in [0, 0.1) is 6.92 Å². The summed E-state index contributed by atoms with van der Waals surface area (Å²) in [4.78, 5) is 2.74. The highest BCUT2D eigenvalue weighted by atomic mass is 79.9. The second kappa shape index (κ2) is 5.45. The average molecular weight is 316 g/mol. The third-order valence-corrected chi connectivity index (χ3v) is 4.94. The fourth-order valence-corrected chi connectivity index (χ4v) is 3.94. The van der Waals surface area contributed by atoms with Gasteiger partial charge < -0.3 is 5.32 Å². The van der Waals surface area contributed by atoms with Gasteiger partial charge in [0.1, 0.15) is 0 Å². The molecule has 0 amide bonds. The number of hydrogen-bond donors (Lipinski definition) is 1. The van der Waals surface area contributed by atoms with Crippen molar-refractivity contribution in [3.8, 4) is 0 Å². The lowest BCUT2D eigenvalue weighted by Gasteiger charge is -2.14. The lowest BCUT2D eigenvalue weighted by molar-refractivity contribution is 0.641. The summed E-state index contributed by atoms with van der Waals surface area (Å²) >= 11 is 7.13. The van der Waals surface area contributed by atoms with Gasteiger partial charge in [-0.25, -0.2) is 0 Å². The molecule has 2 rings (SSSR count). The average Bonchev–Trinajstić information content (AvgIpc) is 2.84. The van der Waals surface area contributed by atoms with Crippen LogP contribution in [0.25, 0.3) is 0 Å². The molecule has 2 aromatic rings. The van der Waals surface area contributed by atoms with E-state index in [-0.39, 0.29) is 0 Å². The first-order valence-electron chi connectivity index (χ1n) is 5.24. The van der Waals surface area contributed by atoms with Crippen molar-refractivity contribution in [2.24, 2.45) is 0 Å². The molecule has 1 atom stereocenters. The van der Waals surface area contributed by atoms with Gasteiger partial charge in [-0.15, -0.1) is 22.7 Å². The minimum atomic E-state index is 0.339. The summed E-state index contributed by atoms with van der Waals surface area (Å²) in [6.07, 6.45) is 0. The van der Waals surface area contributed by atoms with Crippen molar-refractivity contribution in [3.63, 3.8) is 0 Å². The van der Waals surface area contributed by atoms with E-state index >= 15 is 0 Å². The smallest absolute Gasteiger partial charge is 0.0702 e. The molecule has 0 saturated heterocycles. The maximum absolute atomic E-state index is 3.54. The van der Waals surface area contributed by atoms with E-state index in [4.69, 9.17) is 0 Å². The van der Waals surface area contributed by atoms with Gasteiger partial charge in [-0.3, -0.25) is 0 Å². The predicted molar refractivity (Wildman–Crippen MR) is 76.6 cm³/mol. The molecule has 0 aliphatic carbocycles. The van der Waals surface area contributed by atoms with Crippen LogP contribution in [-0.2, 0) is 0 Å². The summed E-state index contributed by atoms with van der Waals surface area (Å²) < 4.78 is 1.19. The van der Waals surface area contributed by atoms with Gasteiger partial charge >= 0.3 is 0 Å². The van der Waals surface area contributed by atoms with Crippen molar-refractivity contribution < 1.29 is 0 Å². The molecule has 0 aliphatic heterocycles. The summed E-state index contributed by atoms with van der Waals surface area (Å²) in [5, 5.41) is 5.78. The van der Waals surface area contributed by atoms with Gasteiger partial charge in [-0.2, -0.15) is 0 Å². The Labute approximate surface area is 113 Å². The van der Waals surface area contributed by atoms with Crippen LogP contribution < -0.4 is 5.32 Å². The molecule has 4 heteroatoms. The van der Waals surface area contributed by atoms with Gasteiger partial charge in [0, 0.05) is 9.75 Å². The van der Waals surface area contributed by atoms with E-state index in [1.165, 1.54) is 19.1 Å². The van der Waals surface area contributed by atoms with Gasteiger partial charge in [-0.05, 0) is 58.5 Å². The Morgan fingerprint density at radius 2 is 2.25 bits per heavy atom. The minimum Gasteiger partial charge on any atom is -0.306 e. The van der Waals surface area contributed by atoms with Gasteiger partial charge in [0.15, 0.2) is 0 Å². The predicted octanol–water partition coefficient (Wildman–Crippen LogP) is 4.58. The normalized spacial score (nSPS) is 12.9. The van der Waals surface area contributed by atoms with Gasteiger partial charge in [0.25, 0.3) is 0 Å². The molecule has 16 heavy (non-hydrogen) atoms. The van der Waals surface area contributed by atoms with Gasteiger partial charge in [0.05, 0.1) is 9.83 Å². The summed E-state index contributed by atoms with van der Waals surface area (Å²) in [7, 11) is 0. The maximum Gasteiger partial charge on any atom is 0.0702 e. The molecule has 0 bridgehead atoms. The van der Waals surface area contributed by atoms with Crippen LogP contribution in [-0.4, -0.2) is 6.54 Å². The SMILES string of the molecule is CCNC(c1csc(C)c1)c1ccc(Br)s1. The Balaban J connectivity index is 2.30. The van der Waals surface area contributed by atoms with E-state index in [0.717, 1.165) is 6.54 Å². The number of hydrogen-bond acceptors (Lipinski definition) is 3. The lowest BCUT2D eigenvalue weighted by Crippen LogP contribution is -2.20. The van der Waals surface area contributed by atoms with E-state index in [9.17, 15) is 0 Å². The maximum atomic E-state index is 3.54. The van der Waals surface area contributed by atoms with E-state index in [0.29, 0.717) is 6.04 Å². The topological polar surface area (TPSA) is 12.0 Å². The molecule has 2 aromatic heterocycles. The molecule has 0 saturated carbocycles. The molecule has 0 radical (unpaired) electrons. The van der Waals surface area contributed by atoms with Crippen LogP contribution in [0.3, 0.4) is 0 Å². The third kappa shape index (κ3) is 2.74. The van der Waals surface area contributed by atoms with Crippen molar-refractivity contribution in [2.75, 3.05) is 6.54 Å². The van der Waals surface area contributed by atoms with Crippen LogP contribution >= 0.6 is 38.6 Å². The molecule has 86 valence electrons. The fraction of sp³-hybridized carbons (Fsp3) is 0.333. The number of halogens is 1. The Kier molecular flexibility index (Phi) is 4.19. The molecule has 1 N–H and O–H groups in total. The quantitative estimate of drug-likeness (QED) is 0.870. The lowest BCUT2D eigenvalue weighted by atomic mass is 10.1. The number of thiophene rings is 2. The van der Waals surface area contributed by atoms with Crippen molar-refractivity contribution in [2.45, 2.75) is 19.9 Å². The van der Waals surface area contributed by atoms with E-state index in [1.807, 2.05) is 11.3 Å². The Bertz CT molecular complexity index is 421. The highest BCUT2D eigenvalue weighted by Gasteiger charge is 2.15. The molecule has 0 spiro atoms. The van der Waals surface area contributed by atoms with Gasteiger partial charge in [0.2, 0.25) is 0 Å². The minimum absolute atomic E-state index is 0.339. The summed E-state index contributed by atoms with van der Waals surface area (Å²) in [5.41, 5.74) is 1.37. The zero-order valence-corrected chi connectivity index (χ0v) is 12.5. The van der Waals surface area contributed by atoms with Crippen LogP contribution in [0.15, 0.2) is 27.4 Å². The molecule has 0 aliphatic rings. The van der Waals surface area contributed by atoms with Gasteiger partial charge in [-0.1, -0.05) is 6.92 Å². The van der Waals surface area contributed by atoms with Crippen LogP contribution in [0.5, 0.6) is 0 Å². The van der Waals surface area contributed by atoms with Crippen molar-refractivity contribution in [1.29, 1.82) is 0 Å². The van der Waals surface area contributed by atoms with Crippen molar-refractivity contribution in [1.82, 2.24) is 5.32 Å². The van der Waals surface area contributed by atoms with Crippen LogP contribution in [0.4, 0.5) is 0 Å². The molecule has 2 heterocycles. The Morgan fingerprint density at radius 3 is 2.75 bits per heavy atom. The Morgan fingerprint density at radius 1 is 1.44 bits per heavy atom. The second-order valence-corrected chi connectivity index (χ2v) is 7.23. The number of nitrogens with one attached hydrogen (secondary N) is 1. The molecular formula is C12H14BrNS2. The Hall–Kier alpha value is -0.160. The third-order valence-electron chi connectivity index (χ3n) is 2.37. The molecular weight excluding hydrogens is 302 g/mol. The summed E-state index contributed by atoms with van der Waals surface area (Å²) in [5.74, 6) is 0. The zero-order chi connectivity index (χ0) is 11.5. The fourth-order valence-electron chi connectivity index (χ4n) is 1.69. The number of rotatable bonds is 4. The first-order chi connectivity index (χ1) is 7.70. The zero-order valence-electron chi connectivity index (χ0n) is 9.29. The van der Waals surface area contributed by atoms with E-state index in [1.54, 1.807) is 11.3 Å². The summed E-state index contributed by atoms with van der Waals surface area (Å²) in [6, 6.07) is 6.91. The molecule has 0 fully saturated rings. The largest absolute Gasteiger partial charge is 0.306 e. The molecule has 0 aromatic carbocycles. The second-order valence-electron chi connectivity index (χ2n) is 3.62. The standard InChI is InChI=1S/C12H14BrNS2/c1-3-14-12(9-6-8(2)15-7-9)10-4-5-11(13)16-10/h4-7,12,14H,3H2,1-2H3. The first-order valence-corrected chi connectivity index (χ1v) is 7.73. The first kappa shape index (κ1) is 12.3. The molecule has 1 nitrogen and oxygen atoms in total. The highest BCUT2D eigenvalue weighted by molar-refractivity contribution is 9.11. The monoisotopic (exact) mass is 315 g/mol. The van der Waals surface area contributed by atoms with Crippen LogP contribution in [0.1, 0.15) is 28.3 Å². The number of aryl methyl sites for hydroxylation is 1. The van der Waals surface area contributed by atoms with Crippen molar-refractivity contribution in [3.05, 3.63) is 42.7 Å². The van der Waals surface area contributed by atoms with Crippen LogP contribution in [0.2, 0.25) is 0 Å². The van der Waals surface area contributed by atoms with E-state index in [2.05, 4.69) is 58.7 Å². The highest BCUT2D eigenvalue weighted by Crippen LogP contribution is 2.32. The van der Waals surface area contributed by atoms with Crippen molar-refractivity contribution >= 4 is 38.6 Å².